The number of rotatable bonds is 9. The van der Waals surface area contributed by atoms with Gasteiger partial charge >= 0.3 is 6.01 Å². The number of amides is 1. The zero-order chi connectivity index (χ0) is 28.9. The second-order valence-electron chi connectivity index (χ2n) is 9.68. The maximum absolute atomic E-state index is 13.0. The number of aryl methyl sites for hydroxylation is 1. The Labute approximate surface area is 236 Å². The van der Waals surface area contributed by atoms with E-state index in [9.17, 15) is 4.79 Å². The number of aliphatic imine (C=N–C) groups is 1. The van der Waals surface area contributed by atoms with E-state index in [0.717, 1.165) is 39.8 Å². The van der Waals surface area contributed by atoms with E-state index in [1.54, 1.807) is 12.3 Å². The van der Waals surface area contributed by atoms with Crippen molar-refractivity contribution in [2.24, 2.45) is 10.7 Å². The number of nitrogens with two attached hydrogens (primary N) is 2. The maximum atomic E-state index is 13.0. The van der Waals surface area contributed by atoms with Crippen LogP contribution in [-0.4, -0.2) is 79.3 Å². The van der Waals surface area contributed by atoms with Crippen LogP contribution in [0.4, 0.5) is 17.6 Å². The molecule has 41 heavy (non-hydrogen) atoms. The minimum atomic E-state index is -0.136. The molecule has 0 saturated carbocycles. The van der Waals surface area contributed by atoms with E-state index in [2.05, 4.69) is 45.5 Å². The zero-order valence-corrected chi connectivity index (χ0v) is 23.0. The van der Waals surface area contributed by atoms with Crippen molar-refractivity contribution in [1.82, 2.24) is 40.1 Å². The summed E-state index contributed by atoms with van der Waals surface area (Å²) in [5.41, 5.74) is 16.4. The summed E-state index contributed by atoms with van der Waals surface area (Å²) in [6, 6.07) is 5.92. The number of likely N-dealkylation sites (tertiary alicyclic amines) is 1. The summed E-state index contributed by atoms with van der Waals surface area (Å²) in [7, 11) is 1.81. The van der Waals surface area contributed by atoms with Crippen molar-refractivity contribution in [2.45, 2.75) is 26.4 Å². The zero-order valence-electron chi connectivity index (χ0n) is 23.0. The summed E-state index contributed by atoms with van der Waals surface area (Å²) in [6.07, 6.45) is 7.22. The first-order chi connectivity index (χ1) is 19.8. The van der Waals surface area contributed by atoms with Crippen molar-refractivity contribution < 1.29 is 9.53 Å². The third kappa shape index (κ3) is 6.55. The second-order valence-corrected chi connectivity index (χ2v) is 9.68. The normalized spacial score (nSPS) is 16.2. The Morgan fingerprint density at radius 3 is 2.95 bits per heavy atom. The fraction of sp³-hybridized carbons (Fsp3) is 0.296. The number of aromatic nitrogens is 6. The number of allylic oxidation sites excluding steroid dienone is 1. The quantitative estimate of drug-likeness (QED) is 0.149. The number of nitrogen functional groups attached to an aromatic ring is 1. The van der Waals surface area contributed by atoms with E-state index in [1.807, 2.05) is 50.2 Å². The van der Waals surface area contributed by atoms with E-state index in [1.165, 1.54) is 6.33 Å². The first-order valence-electron chi connectivity index (χ1n) is 13.1. The van der Waals surface area contributed by atoms with Crippen LogP contribution in [0.5, 0.6) is 6.01 Å². The van der Waals surface area contributed by atoms with E-state index < -0.39 is 0 Å². The van der Waals surface area contributed by atoms with Gasteiger partial charge in [-0.3, -0.25) is 9.69 Å². The summed E-state index contributed by atoms with van der Waals surface area (Å²) in [6.45, 7) is 5.33. The van der Waals surface area contributed by atoms with Gasteiger partial charge in [0.1, 0.15) is 18.3 Å². The molecule has 4 heterocycles. The van der Waals surface area contributed by atoms with Crippen LogP contribution in [0.25, 0.3) is 22.2 Å². The lowest BCUT2D eigenvalue weighted by Gasteiger charge is -2.16. The van der Waals surface area contributed by atoms with Crippen LogP contribution in [0.3, 0.4) is 0 Å². The molecule has 1 aliphatic rings. The summed E-state index contributed by atoms with van der Waals surface area (Å²) in [5, 5.41) is 6.95. The van der Waals surface area contributed by atoms with Gasteiger partial charge in [-0.2, -0.15) is 15.0 Å². The summed E-state index contributed by atoms with van der Waals surface area (Å²) in [4.78, 5) is 43.4. The highest BCUT2D eigenvalue weighted by Gasteiger charge is 2.26. The highest BCUT2D eigenvalue weighted by Crippen LogP contribution is 2.33. The topological polar surface area (TPSA) is 198 Å². The van der Waals surface area contributed by atoms with Crippen molar-refractivity contribution in [3.8, 4) is 17.3 Å². The molecular formula is C27H32N12O2. The lowest BCUT2D eigenvalue weighted by atomic mass is 10.1. The maximum Gasteiger partial charge on any atom is 0.321 e. The molecule has 5 rings (SSSR count). The molecule has 1 amide bonds. The number of nitrogens with zero attached hydrogens (tertiary/aromatic N) is 7. The Balaban J connectivity index is 1.28. The van der Waals surface area contributed by atoms with Crippen molar-refractivity contribution in [3.05, 3.63) is 54.3 Å². The van der Waals surface area contributed by atoms with Crippen LogP contribution in [-0.2, 0) is 4.79 Å². The number of carbonyl (C=O) groups excluding carboxylic acids is 1. The monoisotopic (exact) mass is 556 g/mol. The molecule has 1 atom stereocenters. The first kappa shape index (κ1) is 27.5. The van der Waals surface area contributed by atoms with Crippen molar-refractivity contribution in [1.29, 1.82) is 0 Å². The van der Waals surface area contributed by atoms with Gasteiger partial charge in [0.05, 0.1) is 23.4 Å². The molecule has 0 radical (unpaired) electrons. The highest BCUT2D eigenvalue weighted by molar-refractivity contribution is 6.06. The van der Waals surface area contributed by atoms with Gasteiger partial charge in [-0.25, -0.2) is 15.0 Å². The second kappa shape index (κ2) is 12.0. The van der Waals surface area contributed by atoms with Crippen molar-refractivity contribution in [2.75, 3.05) is 37.7 Å². The first-order valence-corrected chi connectivity index (χ1v) is 13.1. The Hall–Kier alpha value is -5.11. The van der Waals surface area contributed by atoms with Crippen LogP contribution in [0.15, 0.2) is 53.7 Å². The van der Waals surface area contributed by atoms with E-state index in [0.29, 0.717) is 24.6 Å². The molecule has 3 aromatic heterocycles. The number of ether oxygens (including phenoxy) is 1. The summed E-state index contributed by atoms with van der Waals surface area (Å²) in [5.74, 6) is 0.525. The number of aromatic amines is 1. The van der Waals surface area contributed by atoms with Gasteiger partial charge in [0.25, 0.3) is 5.95 Å². The molecule has 0 unspecified atom stereocenters. The van der Waals surface area contributed by atoms with Crippen molar-refractivity contribution in [3.63, 3.8) is 0 Å². The minimum Gasteiger partial charge on any atom is -0.459 e. The standard InChI is InChI=1S/C27H32N12O2/c1-15-10-32-26(36-21(28)9-16(2)30-3)37-23(15)19-11-31-24-18(19)5-4-6-20(24)35-22(40)13-39-8-7-17(12-39)41-27-34-14-33-25(29)38-27/h4-6,9-11,14,17,30-31H,7-8,12-13H2,1-3H3,(H,35,40)(H2,28,32,36,37)(H2,29,33,34,38)/b16-9-/t17-/m0/s1. The molecule has 1 aromatic carbocycles. The number of amidine groups is 1. The molecule has 4 aromatic rings. The smallest absolute Gasteiger partial charge is 0.321 e. The molecule has 212 valence electrons. The predicted molar refractivity (Wildman–Crippen MR) is 157 cm³/mol. The van der Waals surface area contributed by atoms with Gasteiger partial charge in [0.2, 0.25) is 11.9 Å². The molecule has 14 heteroatoms. The SMILES string of the molecule is CN/C(C)=C\C(N)=N/c1ncc(C)c(-c2c[nH]c3c(NC(=O)CN4CC[C@H](Oc5ncnc(N)n5)C4)cccc23)n1. The number of hydrogen-bond acceptors (Lipinski definition) is 11. The number of hydrogen-bond donors (Lipinski definition) is 5. The van der Waals surface area contributed by atoms with Gasteiger partial charge in [-0.15, -0.1) is 0 Å². The van der Waals surface area contributed by atoms with E-state index in [-0.39, 0.29) is 36.5 Å². The highest BCUT2D eigenvalue weighted by atomic mass is 16.5. The van der Waals surface area contributed by atoms with E-state index >= 15 is 0 Å². The fourth-order valence-electron chi connectivity index (χ4n) is 4.58. The molecule has 14 nitrogen and oxygen atoms in total. The average molecular weight is 557 g/mol. The van der Waals surface area contributed by atoms with Crippen LogP contribution in [0.2, 0.25) is 0 Å². The van der Waals surface area contributed by atoms with Gasteiger partial charge in [-0.1, -0.05) is 12.1 Å². The lowest BCUT2D eigenvalue weighted by molar-refractivity contribution is -0.117. The third-order valence-electron chi connectivity index (χ3n) is 6.63. The molecule has 1 saturated heterocycles. The van der Waals surface area contributed by atoms with Gasteiger partial charge < -0.3 is 31.8 Å². The third-order valence-corrected chi connectivity index (χ3v) is 6.63. The largest absolute Gasteiger partial charge is 0.459 e. The van der Waals surface area contributed by atoms with E-state index in [4.69, 9.17) is 16.2 Å². The Morgan fingerprint density at radius 2 is 2.15 bits per heavy atom. The minimum absolute atomic E-state index is 0.104. The number of fused-ring (bicyclic) bond motifs is 1. The number of nitrogens with one attached hydrogen (secondary N) is 3. The number of H-pyrrole nitrogens is 1. The summed E-state index contributed by atoms with van der Waals surface area (Å²) >= 11 is 0. The van der Waals surface area contributed by atoms with Gasteiger partial charge in [0, 0.05) is 49.2 Å². The van der Waals surface area contributed by atoms with Crippen LogP contribution in [0, 0.1) is 6.92 Å². The number of carbonyl (C=O) groups is 1. The van der Waals surface area contributed by atoms with Crippen LogP contribution < -0.4 is 26.8 Å². The lowest BCUT2D eigenvalue weighted by Crippen LogP contribution is -2.33. The fourth-order valence-corrected chi connectivity index (χ4v) is 4.58. The molecule has 1 fully saturated rings. The number of anilines is 2. The Kier molecular flexibility index (Phi) is 8.01. The van der Waals surface area contributed by atoms with Crippen LogP contribution in [0.1, 0.15) is 18.9 Å². The van der Waals surface area contributed by atoms with Gasteiger partial charge in [0.15, 0.2) is 0 Å². The van der Waals surface area contributed by atoms with Crippen molar-refractivity contribution >= 4 is 40.2 Å². The summed E-state index contributed by atoms with van der Waals surface area (Å²) < 4.78 is 5.80. The number of para-hydroxylation sites is 1. The average Bonchev–Trinajstić information content (AvgIpc) is 3.57. The Morgan fingerprint density at radius 1 is 1.29 bits per heavy atom. The molecule has 0 bridgehead atoms. The molecule has 0 aliphatic carbocycles. The Bertz CT molecular complexity index is 1630. The number of benzene rings is 1. The molecule has 7 N–H and O–H groups in total. The predicted octanol–water partition coefficient (Wildman–Crippen LogP) is 1.90. The molecule has 1 aliphatic heterocycles. The molecule has 0 spiro atoms. The van der Waals surface area contributed by atoms with Crippen LogP contribution >= 0.6 is 0 Å². The van der Waals surface area contributed by atoms with Gasteiger partial charge in [-0.05, 0) is 38.0 Å². The molecular weight excluding hydrogens is 524 g/mol.